The molecule has 64 valence electrons. The Kier molecular flexibility index (Phi) is 3.69. The van der Waals surface area contributed by atoms with Gasteiger partial charge in [0.1, 0.15) is 0 Å². The van der Waals surface area contributed by atoms with Gasteiger partial charge in [0.05, 0.1) is 0 Å². The van der Waals surface area contributed by atoms with Gasteiger partial charge in [0.25, 0.3) is 0 Å². The maximum absolute atomic E-state index is 5.60. The SMILES string of the molecule is C=CCSc1ccc(N)cc1Br. The lowest BCUT2D eigenvalue weighted by Crippen LogP contribution is -1.84. The average Bonchev–Trinajstić information content (AvgIpc) is 2.03. The first kappa shape index (κ1) is 9.68. The lowest BCUT2D eigenvalue weighted by molar-refractivity contribution is 1.41. The maximum Gasteiger partial charge on any atom is 0.0331 e. The molecule has 0 atom stereocenters. The molecule has 0 saturated carbocycles. The van der Waals surface area contributed by atoms with E-state index in [9.17, 15) is 0 Å². The number of rotatable bonds is 3. The van der Waals surface area contributed by atoms with Gasteiger partial charge in [0.15, 0.2) is 0 Å². The largest absolute Gasteiger partial charge is 0.399 e. The molecule has 0 amide bonds. The summed E-state index contributed by atoms with van der Waals surface area (Å²) in [4.78, 5) is 1.20. The summed E-state index contributed by atoms with van der Waals surface area (Å²) >= 11 is 5.18. The molecular weight excluding hydrogens is 234 g/mol. The van der Waals surface area contributed by atoms with Crippen LogP contribution in [0.3, 0.4) is 0 Å². The minimum absolute atomic E-state index is 0.782. The van der Waals surface area contributed by atoms with Crippen LogP contribution in [0.1, 0.15) is 0 Å². The van der Waals surface area contributed by atoms with Gasteiger partial charge in [-0.25, -0.2) is 0 Å². The predicted octanol–water partition coefficient (Wildman–Crippen LogP) is 3.31. The van der Waals surface area contributed by atoms with Crippen molar-refractivity contribution in [3.63, 3.8) is 0 Å². The van der Waals surface area contributed by atoms with Crippen molar-refractivity contribution in [2.24, 2.45) is 0 Å². The smallest absolute Gasteiger partial charge is 0.0331 e. The van der Waals surface area contributed by atoms with E-state index in [-0.39, 0.29) is 0 Å². The number of halogens is 1. The first-order valence-electron chi connectivity index (χ1n) is 3.52. The van der Waals surface area contributed by atoms with Crippen molar-refractivity contribution in [2.45, 2.75) is 4.90 Å². The first-order chi connectivity index (χ1) is 5.74. The van der Waals surface area contributed by atoms with Crippen LogP contribution in [0.5, 0.6) is 0 Å². The molecule has 0 saturated heterocycles. The summed E-state index contributed by atoms with van der Waals surface area (Å²) in [6.07, 6.45) is 1.88. The van der Waals surface area contributed by atoms with Crippen LogP contribution in [-0.2, 0) is 0 Å². The number of thioether (sulfide) groups is 1. The minimum Gasteiger partial charge on any atom is -0.399 e. The molecule has 1 aromatic rings. The number of anilines is 1. The van der Waals surface area contributed by atoms with Crippen LogP contribution in [0.25, 0.3) is 0 Å². The molecule has 1 aromatic carbocycles. The van der Waals surface area contributed by atoms with Gasteiger partial charge in [-0.3, -0.25) is 0 Å². The molecule has 0 bridgehead atoms. The zero-order chi connectivity index (χ0) is 8.97. The third kappa shape index (κ3) is 2.57. The molecule has 0 aliphatic carbocycles. The van der Waals surface area contributed by atoms with E-state index < -0.39 is 0 Å². The molecule has 12 heavy (non-hydrogen) atoms. The monoisotopic (exact) mass is 243 g/mol. The highest BCUT2D eigenvalue weighted by atomic mass is 79.9. The third-order valence-corrected chi connectivity index (χ3v) is 3.30. The van der Waals surface area contributed by atoms with Gasteiger partial charge in [0.2, 0.25) is 0 Å². The van der Waals surface area contributed by atoms with Crippen molar-refractivity contribution < 1.29 is 0 Å². The van der Waals surface area contributed by atoms with E-state index in [4.69, 9.17) is 5.73 Å². The summed E-state index contributed by atoms with van der Waals surface area (Å²) < 4.78 is 1.05. The molecule has 0 spiro atoms. The summed E-state index contributed by atoms with van der Waals surface area (Å²) in [6, 6.07) is 5.81. The van der Waals surface area contributed by atoms with E-state index in [0.717, 1.165) is 15.9 Å². The van der Waals surface area contributed by atoms with Crippen molar-refractivity contribution in [1.82, 2.24) is 0 Å². The van der Waals surface area contributed by atoms with Crippen LogP contribution < -0.4 is 5.73 Å². The molecule has 2 N–H and O–H groups in total. The second kappa shape index (κ2) is 4.58. The Balaban J connectivity index is 2.78. The van der Waals surface area contributed by atoms with Gasteiger partial charge >= 0.3 is 0 Å². The van der Waals surface area contributed by atoms with E-state index in [1.54, 1.807) is 11.8 Å². The van der Waals surface area contributed by atoms with E-state index in [1.807, 2.05) is 24.3 Å². The highest BCUT2D eigenvalue weighted by molar-refractivity contribution is 9.10. The first-order valence-corrected chi connectivity index (χ1v) is 5.30. The Morgan fingerprint density at radius 1 is 1.58 bits per heavy atom. The van der Waals surface area contributed by atoms with Gasteiger partial charge in [-0.05, 0) is 34.1 Å². The van der Waals surface area contributed by atoms with Crippen molar-refractivity contribution in [1.29, 1.82) is 0 Å². The van der Waals surface area contributed by atoms with E-state index in [2.05, 4.69) is 22.5 Å². The molecule has 0 aromatic heterocycles. The fourth-order valence-electron chi connectivity index (χ4n) is 0.783. The summed E-state index contributed by atoms with van der Waals surface area (Å²) in [6.45, 7) is 3.66. The molecular formula is C9H10BrNS. The molecule has 0 radical (unpaired) electrons. The summed E-state index contributed by atoms with van der Waals surface area (Å²) in [5.41, 5.74) is 6.38. The fraction of sp³-hybridized carbons (Fsp3) is 0.111. The Labute approximate surface area is 85.2 Å². The second-order valence-electron chi connectivity index (χ2n) is 2.29. The van der Waals surface area contributed by atoms with Crippen LogP contribution in [0.2, 0.25) is 0 Å². The molecule has 0 fully saturated rings. The van der Waals surface area contributed by atoms with Crippen molar-refractivity contribution >= 4 is 33.4 Å². The van der Waals surface area contributed by atoms with Crippen LogP contribution in [0.15, 0.2) is 40.2 Å². The number of hydrogen-bond donors (Lipinski definition) is 1. The lowest BCUT2D eigenvalue weighted by Gasteiger charge is -2.02. The zero-order valence-electron chi connectivity index (χ0n) is 6.59. The van der Waals surface area contributed by atoms with Gasteiger partial charge in [-0.1, -0.05) is 6.08 Å². The molecule has 1 rings (SSSR count). The number of benzene rings is 1. The molecule has 0 unspecified atom stereocenters. The topological polar surface area (TPSA) is 26.0 Å². The van der Waals surface area contributed by atoms with Crippen molar-refractivity contribution in [2.75, 3.05) is 11.5 Å². The van der Waals surface area contributed by atoms with Gasteiger partial charge in [-0.15, -0.1) is 18.3 Å². The van der Waals surface area contributed by atoms with E-state index >= 15 is 0 Å². The Morgan fingerprint density at radius 2 is 2.33 bits per heavy atom. The molecule has 1 nitrogen and oxygen atoms in total. The number of nitrogen functional groups attached to an aromatic ring is 1. The highest BCUT2D eigenvalue weighted by Gasteiger charge is 1.98. The van der Waals surface area contributed by atoms with E-state index in [1.165, 1.54) is 4.90 Å². The maximum atomic E-state index is 5.60. The fourth-order valence-corrected chi connectivity index (χ4v) is 2.18. The van der Waals surface area contributed by atoms with Crippen LogP contribution in [0.4, 0.5) is 5.69 Å². The zero-order valence-corrected chi connectivity index (χ0v) is 8.99. The van der Waals surface area contributed by atoms with E-state index in [0.29, 0.717) is 0 Å². The lowest BCUT2D eigenvalue weighted by atomic mass is 10.3. The number of nitrogens with two attached hydrogens (primary N) is 1. The Morgan fingerprint density at radius 3 is 2.92 bits per heavy atom. The number of hydrogen-bond acceptors (Lipinski definition) is 2. The third-order valence-electron chi connectivity index (χ3n) is 1.31. The summed E-state index contributed by atoms with van der Waals surface area (Å²) in [7, 11) is 0. The quantitative estimate of drug-likeness (QED) is 0.501. The van der Waals surface area contributed by atoms with Crippen LogP contribution in [0, 0.1) is 0 Å². The molecule has 0 aliphatic rings. The second-order valence-corrected chi connectivity index (χ2v) is 4.21. The normalized spacial score (nSPS) is 9.75. The van der Waals surface area contributed by atoms with Gasteiger partial charge in [-0.2, -0.15) is 0 Å². The van der Waals surface area contributed by atoms with Crippen LogP contribution >= 0.6 is 27.7 Å². The van der Waals surface area contributed by atoms with Gasteiger partial charge < -0.3 is 5.73 Å². The summed E-state index contributed by atoms with van der Waals surface area (Å²) in [5, 5.41) is 0. The minimum atomic E-state index is 0.782. The average molecular weight is 244 g/mol. The Bertz CT molecular complexity index is 286. The van der Waals surface area contributed by atoms with Crippen molar-refractivity contribution in [3.8, 4) is 0 Å². The standard InChI is InChI=1S/C9H10BrNS/c1-2-5-12-9-4-3-7(11)6-8(9)10/h2-4,6H,1,5,11H2. The Hall–Kier alpha value is -0.410. The summed E-state index contributed by atoms with van der Waals surface area (Å²) in [5.74, 6) is 0.919. The predicted molar refractivity (Wildman–Crippen MR) is 59.5 cm³/mol. The van der Waals surface area contributed by atoms with Gasteiger partial charge in [0, 0.05) is 20.8 Å². The molecule has 0 aliphatic heterocycles. The molecule has 3 heteroatoms. The van der Waals surface area contributed by atoms with Crippen molar-refractivity contribution in [3.05, 3.63) is 35.3 Å². The molecule has 0 heterocycles. The van der Waals surface area contributed by atoms with Crippen LogP contribution in [-0.4, -0.2) is 5.75 Å². The highest BCUT2D eigenvalue weighted by Crippen LogP contribution is 2.28.